The number of nitriles is 1. The summed E-state index contributed by atoms with van der Waals surface area (Å²) >= 11 is 7.33. The normalized spacial score (nSPS) is 12.1. The summed E-state index contributed by atoms with van der Waals surface area (Å²) in [4.78, 5) is 26.6. The molecule has 1 heterocycles. The van der Waals surface area contributed by atoms with E-state index in [-0.39, 0.29) is 15.8 Å². The summed E-state index contributed by atoms with van der Waals surface area (Å²) in [5.74, 6) is -0.199. The quantitative estimate of drug-likeness (QED) is 0.465. The number of anilines is 1. The van der Waals surface area contributed by atoms with E-state index >= 15 is 0 Å². The topological polar surface area (TPSA) is 84.1 Å². The van der Waals surface area contributed by atoms with Crippen molar-refractivity contribution in [3.8, 4) is 17.5 Å². The molecule has 4 rings (SSSR count). The van der Waals surface area contributed by atoms with Crippen LogP contribution in [-0.4, -0.2) is 17.6 Å². The molecule has 0 bridgehead atoms. The summed E-state index contributed by atoms with van der Waals surface area (Å²) in [7, 11) is 1.49. The van der Waals surface area contributed by atoms with Gasteiger partial charge >= 0.3 is 0 Å². The Labute approximate surface area is 204 Å². The van der Waals surface area contributed by atoms with Crippen molar-refractivity contribution in [2.75, 3.05) is 12.4 Å². The molecule has 0 radical (unpaired) electrons. The lowest BCUT2D eigenvalue weighted by molar-refractivity contribution is -0.111. The van der Waals surface area contributed by atoms with E-state index in [9.17, 15) is 14.9 Å². The van der Waals surface area contributed by atoms with Crippen LogP contribution in [-0.2, 0) is 4.79 Å². The van der Waals surface area contributed by atoms with Crippen LogP contribution in [0, 0.1) is 11.3 Å². The van der Waals surface area contributed by atoms with Crippen molar-refractivity contribution in [2.45, 2.75) is 0 Å². The number of halogens is 1. The highest BCUT2D eigenvalue weighted by molar-refractivity contribution is 7.07. The first-order valence-corrected chi connectivity index (χ1v) is 11.3. The van der Waals surface area contributed by atoms with Gasteiger partial charge in [-0.15, -0.1) is 11.3 Å². The highest BCUT2D eigenvalue weighted by atomic mass is 35.5. The van der Waals surface area contributed by atoms with Crippen LogP contribution in [0.25, 0.3) is 17.3 Å². The number of methoxy groups -OCH3 is 1. The summed E-state index contributed by atoms with van der Waals surface area (Å²) in [6.07, 6.45) is 1.66. The lowest BCUT2D eigenvalue weighted by Gasteiger charge is -2.09. The summed E-state index contributed by atoms with van der Waals surface area (Å²) in [5.41, 5.74) is 1.05. The second-order valence-corrected chi connectivity index (χ2v) is 8.49. The number of ether oxygens (including phenoxy) is 1. The third-order valence-corrected chi connectivity index (χ3v) is 6.37. The van der Waals surface area contributed by atoms with E-state index in [1.165, 1.54) is 11.7 Å². The summed E-state index contributed by atoms with van der Waals surface area (Å²) in [6, 6.07) is 24.8. The molecule has 1 aromatic heterocycles. The number of amides is 1. The number of rotatable bonds is 5. The maximum Gasteiger partial charge on any atom is 0.273 e. The molecule has 0 fully saturated rings. The van der Waals surface area contributed by atoms with Gasteiger partial charge in [-0.1, -0.05) is 60.1 Å². The smallest absolute Gasteiger partial charge is 0.273 e. The molecule has 1 amide bonds. The van der Waals surface area contributed by atoms with Gasteiger partial charge < -0.3 is 10.1 Å². The van der Waals surface area contributed by atoms with Crippen LogP contribution in [0.1, 0.15) is 5.56 Å². The van der Waals surface area contributed by atoms with Crippen molar-refractivity contribution in [3.63, 3.8) is 0 Å². The minimum atomic E-state index is -0.651. The molecular formula is C26H18ClN3O3S. The second-order valence-electron chi connectivity index (χ2n) is 7.05. The summed E-state index contributed by atoms with van der Waals surface area (Å²) in [5, 5.41) is 13.1. The fraction of sp³-hybridized carbons (Fsp3) is 0.0385. The highest BCUT2D eigenvalue weighted by Crippen LogP contribution is 2.23. The first kappa shape index (κ1) is 23.1. The Balaban J connectivity index is 1.97. The number of nitrogens with zero attached hydrogens (tertiary/aromatic N) is 2. The van der Waals surface area contributed by atoms with Gasteiger partial charge in [-0.25, -0.2) is 0 Å². The molecule has 0 saturated heterocycles. The lowest BCUT2D eigenvalue weighted by atomic mass is 10.2. The van der Waals surface area contributed by atoms with Gasteiger partial charge in [-0.05, 0) is 42.0 Å². The largest absolute Gasteiger partial charge is 0.495 e. The number of thiazole rings is 1. The van der Waals surface area contributed by atoms with Crippen LogP contribution in [0.5, 0.6) is 5.75 Å². The van der Waals surface area contributed by atoms with Crippen molar-refractivity contribution >= 4 is 46.2 Å². The Hall–Kier alpha value is -4.12. The minimum absolute atomic E-state index is 0.198. The molecule has 34 heavy (non-hydrogen) atoms. The van der Waals surface area contributed by atoms with Gasteiger partial charge in [0.1, 0.15) is 16.5 Å². The van der Waals surface area contributed by atoms with E-state index in [1.807, 2.05) is 18.2 Å². The van der Waals surface area contributed by atoms with Crippen molar-refractivity contribution in [1.29, 1.82) is 5.26 Å². The van der Waals surface area contributed by atoms with Gasteiger partial charge in [-0.2, -0.15) is 5.26 Å². The molecule has 8 heteroatoms. The monoisotopic (exact) mass is 487 g/mol. The van der Waals surface area contributed by atoms with Crippen LogP contribution in [0.15, 0.2) is 83.7 Å². The summed E-state index contributed by atoms with van der Waals surface area (Å²) in [6.45, 7) is 0. The Morgan fingerprint density at radius 3 is 2.44 bits per heavy atom. The highest BCUT2D eigenvalue weighted by Gasteiger charge is 2.18. The van der Waals surface area contributed by atoms with Crippen LogP contribution in [0.3, 0.4) is 0 Å². The predicted octanol–water partition coefficient (Wildman–Crippen LogP) is 3.70. The first-order valence-electron chi connectivity index (χ1n) is 10.2. The van der Waals surface area contributed by atoms with Gasteiger partial charge in [0.25, 0.3) is 11.5 Å². The van der Waals surface area contributed by atoms with E-state index in [0.29, 0.717) is 32.2 Å². The molecule has 0 saturated carbocycles. The Morgan fingerprint density at radius 1 is 1.06 bits per heavy atom. The zero-order chi connectivity index (χ0) is 24.1. The Kier molecular flexibility index (Phi) is 6.93. The van der Waals surface area contributed by atoms with Crippen molar-refractivity contribution < 1.29 is 9.53 Å². The second kappa shape index (κ2) is 10.2. The Bertz CT molecular complexity index is 1580. The molecule has 1 N–H and O–H groups in total. The number of carbonyl (C=O) groups is 1. The standard InChI is InChI=1S/C26H18ClN3O3S/c1-33-22-14-8-7-13-21(22)29-24(31)19(16-28)26-30(18-10-3-2-4-11-18)25(32)23(34-26)15-17-9-5-6-12-20(17)27/h2-15H,1H3,(H,29,31). The van der Waals surface area contributed by atoms with Crippen LogP contribution in [0.2, 0.25) is 5.02 Å². The SMILES string of the molecule is COc1ccccc1NC(=O)C(C#N)=c1sc(=Cc2ccccc2Cl)c(=O)n1-c1ccccc1. The molecule has 0 aliphatic carbocycles. The number of carbonyl (C=O) groups excluding carboxylic acids is 1. The van der Waals surface area contributed by atoms with E-state index in [1.54, 1.807) is 72.8 Å². The lowest BCUT2D eigenvalue weighted by Crippen LogP contribution is -2.32. The molecule has 0 aliphatic rings. The van der Waals surface area contributed by atoms with Crippen molar-refractivity contribution in [3.05, 3.63) is 109 Å². The average Bonchev–Trinajstić information content (AvgIpc) is 3.17. The van der Waals surface area contributed by atoms with Gasteiger partial charge in [0.05, 0.1) is 23.0 Å². The molecule has 4 aromatic rings. The van der Waals surface area contributed by atoms with Crippen LogP contribution in [0.4, 0.5) is 5.69 Å². The van der Waals surface area contributed by atoms with Crippen molar-refractivity contribution in [1.82, 2.24) is 4.57 Å². The van der Waals surface area contributed by atoms with E-state index in [2.05, 4.69) is 5.32 Å². The number of nitrogens with one attached hydrogen (secondary N) is 1. The molecule has 0 aliphatic heterocycles. The molecule has 168 valence electrons. The van der Waals surface area contributed by atoms with Crippen molar-refractivity contribution in [2.24, 2.45) is 0 Å². The molecule has 0 atom stereocenters. The number of aromatic nitrogens is 1. The van der Waals surface area contributed by atoms with E-state index in [4.69, 9.17) is 16.3 Å². The third kappa shape index (κ3) is 4.64. The van der Waals surface area contributed by atoms with Gasteiger partial charge in [0.15, 0.2) is 5.57 Å². The van der Waals surface area contributed by atoms with E-state index in [0.717, 1.165) is 11.3 Å². The van der Waals surface area contributed by atoms with Gasteiger partial charge in [0, 0.05) is 5.02 Å². The van der Waals surface area contributed by atoms with Gasteiger partial charge in [0.2, 0.25) is 0 Å². The van der Waals surface area contributed by atoms with Gasteiger partial charge in [-0.3, -0.25) is 14.2 Å². The van der Waals surface area contributed by atoms with Crippen LogP contribution >= 0.6 is 22.9 Å². The number of hydrogen-bond donors (Lipinski definition) is 1. The minimum Gasteiger partial charge on any atom is -0.495 e. The Morgan fingerprint density at radius 2 is 1.74 bits per heavy atom. The molecular weight excluding hydrogens is 470 g/mol. The molecule has 0 unspecified atom stereocenters. The third-order valence-electron chi connectivity index (χ3n) is 4.94. The maximum absolute atomic E-state index is 13.4. The number of hydrogen-bond acceptors (Lipinski definition) is 5. The summed E-state index contributed by atoms with van der Waals surface area (Å²) < 4.78 is 7.20. The first-order chi connectivity index (χ1) is 16.5. The zero-order valence-electron chi connectivity index (χ0n) is 18.0. The fourth-order valence-electron chi connectivity index (χ4n) is 3.32. The van der Waals surface area contributed by atoms with E-state index < -0.39 is 5.91 Å². The zero-order valence-corrected chi connectivity index (χ0v) is 19.6. The predicted molar refractivity (Wildman–Crippen MR) is 135 cm³/mol. The molecule has 0 spiro atoms. The molecule has 3 aromatic carbocycles. The maximum atomic E-state index is 13.4. The van der Waals surface area contributed by atoms with Crippen LogP contribution < -0.4 is 24.8 Å². The average molecular weight is 488 g/mol. The fourth-order valence-corrected chi connectivity index (χ4v) is 4.61. The number of benzene rings is 3. The molecule has 6 nitrogen and oxygen atoms in total. The number of para-hydroxylation sites is 3.